The molecule has 2 atom stereocenters. The predicted molar refractivity (Wildman–Crippen MR) is 91.6 cm³/mol. The first kappa shape index (κ1) is 16.2. The number of piperidine rings is 1. The molecule has 2 saturated heterocycles. The maximum absolute atomic E-state index is 12.9. The third-order valence-electron chi connectivity index (χ3n) is 5.48. The van der Waals surface area contributed by atoms with Crippen molar-refractivity contribution in [3.63, 3.8) is 0 Å². The van der Waals surface area contributed by atoms with Crippen LogP contribution >= 0.6 is 0 Å². The molecule has 2 fully saturated rings. The van der Waals surface area contributed by atoms with Gasteiger partial charge >= 0.3 is 0 Å². The number of rotatable bonds is 4. The minimum Gasteiger partial charge on any atom is -0.317 e. The van der Waals surface area contributed by atoms with Gasteiger partial charge < -0.3 is 9.47 Å². The number of carbonyl (C=O) groups excluding carboxylic acids is 1. The standard InChI is InChI=1S/C18H27N3O2/c1-4-6-14(2)20-10-5-9-18(12-20)13-21(17(18)23)15-7-8-16(22)19(3)11-15/h7-8,11,14H,4-6,9-10,12-13H2,1-3H3. The average Bonchev–Trinajstić information content (AvgIpc) is 2.55. The minimum atomic E-state index is -0.199. The smallest absolute Gasteiger partial charge is 0.250 e. The molecule has 23 heavy (non-hydrogen) atoms. The van der Waals surface area contributed by atoms with Crippen molar-refractivity contribution in [2.24, 2.45) is 12.5 Å². The molecule has 0 bridgehead atoms. The third-order valence-corrected chi connectivity index (χ3v) is 5.48. The fraction of sp³-hybridized carbons (Fsp3) is 0.667. The monoisotopic (exact) mass is 317 g/mol. The van der Waals surface area contributed by atoms with E-state index in [4.69, 9.17) is 0 Å². The van der Waals surface area contributed by atoms with Crippen molar-refractivity contribution < 1.29 is 4.79 Å². The summed E-state index contributed by atoms with van der Waals surface area (Å²) in [6.07, 6.45) is 6.22. The Kier molecular flexibility index (Phi) is 4.32. The summed E-state index contributed by atoms with van der Waals surface area (Å²) < 4.78 is 1.53. The molecule has 1 aromatic heterocycles. The SMILES string of the molecule is CCCC(C)N1CCCC2(CN(c3ccc(=O)n(C)c3)C2=O)C1. The van der Waals surface area contributed by atoms with Crippen molar-refractivity contribution in [2.45, 2.75) is 45.6 Å². The minimum absolute atomic E-state index is 0.0475. The number of hydrogen-bond donors (Lipinski definition) is 0. The van der Waals surface area contributed by atoms with Crippen molar-refractivity contribution in [1.82, 2.24) is 9.47 Å². The van der Waals surface area contributed by atoms with Crippen LogP contribution in [0, 0.1) is 5.41 Å². The van der Waals surface area contributed by atoms with E-state index in [0.29, 0.717) is 6.04 Å². The van der Waals surface area contributed by atoms with Gasteiger partial charge in [-0.3, -0.25) is 14.5 Å². The van der Waals surface area contributed by atoms with E-state index < -0.39 is 0 Å². The zero-order chi connectivity index (χ0) is 16.6. The van der Waals surface area contributed by atoms with E-state index in [1.54, 1.807) is 19.3 Å². The third kappa shape index (κ3) is 2.82. The summed E-state index contributed by atoms with van der Waals surface area (Å²) in [5, 5.41) is 0. The first-order chi connectivity index (χ1) is 11.0. The molecule has 0 aliphatic carbocycles. The first-order valence-corrected chi connectivity index (χ1v) is 8.69. The van der Waals surface area contributed by atoms with Gasteiger partial charge in [-0.15, -0.1) is 0 Å². The van der Waals surface area contributed by atoms with E-state index in [0.717, 1.165) is 38.2 Å². The molecule has 5 heteroatoms. The Labute approximate surface area is 137 Å². The summed E-state index contributed by atoms with van der Waals surface area (Å²) in [5.74, 6) is 0.226. The molecule has 126 valence electrons. The zero-order valence-electron chi connectivity index (χ0n) is 14.4. The highest BCUT2D eigenvalue weighted by atomic mass is 16.2. The van der Waals surface area contributed by atoms with Crippen molar-refractivity contribution >= 4 is 11.6 Å². The number of pyridine rings is 1. The second-order valence-corrected chi connectivity index (χ2v) is 7.22. The van der Waals surface area contributed by atoms with Gasteiger partial charge in [-0.25, -0.2) is 0 Å². The van der Waals surface area contributed by atoms with E-state index in [1.807, 2.05) is 4.90 Å². The summed E-state index contributed by atoms with van der Waals surface area (Å²) in [6, 6.07) is 3.84. The lowest BCUT2D eigenvalue weighted by molar-refractivity contribution is -0.140. The van der Waals surface area contributed by atoms with Gasteiger partial charge in [-0.2, -0.15) is 0 Å². The summed E-state index contributed by atoms with van der Waals surface area (Å²) >= 11 is 0. The van der Waals surface area contributed by atoms with Crippen LogP contribution in [-0.4, -0.2) is 41.1 Å². The molecule has 2 aliphatic heterocycles. The highest BCUT2D eigenvalue weighted by Gasteiger charge is 2.54. The van der Waals surface area contributed by atoms with Crippen LogP contribution in [0.3, 0.4) is 0 Å². The lowest BCUT2D eigenvalue weighted by atomic mass is 9.71. The molecule has 5 nitrogen and oxygen atoms in total. The summed E-state index contributed by atoms with van der Waals surface area (Å²) in [7, 11) is 1.72. The number of likely N-dealkylation sites (tertiary alicyclic amines) is 1. The van der Waals surface area contributed by atoms with E-state index in [9.17, 15) is 9.59 Å². The molecule has 0 saturated carbocycles. The lowest BCUT2D eigenvalue weighted by Gasteiger charge is -2.54. The Balaban J connectivity index is 1.72. The van der Waals surface area contributed by atoms with Gasteiger partial charge in [-0.1, -0.05) is 13.3 Å². The van der Waals surface area contributed by atoms with Crippen LogP contribution in [0.5, 0.6) is 0 Å². The molecule has 1 spiro atoms. The molecular formula is C18H27N3O2. The average molecular weight is 317 g/mol. The highest BCUT2D eigenvalue weighted by molar-refractivity contribution is 6.04. The molecular weight excluding hydrogens is 290 g/mol. The van der Waals surface area contributed by atoms with Gasteiger partial charge in [0, 0.05) is 38.4 Å². The molecule has 2 aliphatic rings. The first-order valence-electron chi connectivity index (χ1n) is 8.69. The van der Waals surface area contributed by atoms with Crippen molar-refractivity contribution in [1.29, 1.82) is 0 Å². The molecule has 0 aromatic carbocycles. The van der Waals surface area contributed by atoms with Gasteiger partial charge in [0.1, 0.15) is 0 Å². The topological polar surface area (TPSA) is 45.5 Å². The molecule has 0 N–H and O–H groups in total. The van der Waals surface area contributed by atoms with Gasteiger partial charge in [-0.05, 0) is 38.8 Å². The number of carbonyl (C=O) groups is 1. The predicted octanol–water partition coefficient (Wildman–Crippen LogP) is 2.00. The van der Waals surface area contributed by atoms with Crippen LogP contribution in [0.15, 0.2) is 23.1 Å². The molecule has 2 unspecified atom stereocenters. The number of nitrogens with zero attached hydrogens (tertiary/aromatic N) is 3. The maximum Gasteiger partial charge on any atom is 0.250 e. The Morgan fingerprint density at radius 3 is 2.70 bits per heavy atom. The maximum atomic E-state index is 12.9. The molecule has 1 amide bonds. The molecule has 0 radical (unpaired) electrons. The van der Waals surface area contributed by atoms with Crippen molar-refractivity contribution in [2.75, 3.05) is 24.5 Å². The van der Waals surface area contributed by atoms with Crippen LogP contribution < -0.4 is 10.5 Å². The number of hydrogen-bond acceptors (Lipinski definition) is 3. The van der Waals surface area contributed by atoms with Gasteiger partial charge in [0.25, 0.3) is 0 Å². The number of aryl methyl sites for hydroxylation is 1. The second kappa shape index (κ2) is 6.11. The number of β-lactam (4-membered cyclic amide) rings is 1. The highest BCUT2D eigenvalue weighted by Crippen LogP contribution is 2.43. The number of amides is 1. The summed E-state index contributed by atoms with van der Waals surface area (Å²) in [5.41, 5.74) is 0.588. The van der Waals surface area contributed by atoms with E-state index in [1.165, 1.54) is 23.5 Å². The molecule has 1 aromatic rings. The van der Waals surface area contributed by atoms with Crippen molar-refractivity contribution in [3.05, 3.63) is 28.7 Å². The Hall–Kier alpha value is -1.62. The quantitative estimate of drug-likeness (QED) is 0.798. The summed E-state index contributed by atoms with van der Waals surface area (Å²) in [6.45, 7) is 7.26. The van der Waals surface area contributed by atoms with Gasteiger partial charge in [0.2, 0.25) is 11.5 Å². The summed E-state index contributed by atoms with van der Waals surface area (Å²) in [4.78, 5) is 28.7. The molecule has 3 rings (SSSR count). The number of aromatic nitrogens is 1. The van der Waals surface area contributed by atoms with Crippen LogP contribution in [0.25, 0.3) is 0 Å². The Morgan fingerprint density at radius 2 is 2.04 bits per heavy atom. The molecule has 3 heterocycles. The van der Waals surface area contributed by atoms with E-state index in [2.05, 4.69) is 18.7 Å². The number of anilines is 1. The van der Waals surface area contributed by atoms with Crippen LogP contribution in [0.2, 0.25) is 0 Å². The van der Waals surface area contributed by atoms with Gasteiger partial charge in [0.15, 0.2) is 0 Å². The van der Waals surface area contributed by atoms with Crippen molar-refractivity contribution in [3.8, 4) is 0 Å². The normalized spacial score (nSPS) is 26.4. The lowest BCUT2D eigenvalue weighted by Crippen LogP contribution is -2.68. The van der Waals surface area contributed by atoms with Gasteiger partial charge in [0.05, 0.1) is 11.1 Å². The Morgan fingerprint density at radius 1 is 1.26 bits per heavy atom. The van der Waals surface area contributed by atoms with Crippen LogP contribution in [0.4, 0.5) is 5.69 Å². The second-order valence-electron chi connectivity index (χ2n) is 7.22. The fourth-order valence-electron chi connectivity index (χ4n) is 4.03. The van der Waals surface area contributed by atoms with Crippen LogP contribution in [-0.2, 0) is 11.8 Å². The van der Waals surface area contributed by atoms with Crippen LogP contribution in [0.1, 0.15) is 39.5 Å². The van der Waals surface area contributed by atoms with E-state index in [-0.39, 0.29) is 16.9 Å². The largest absolute Gasteiger partial charge is 0.317 e. The Bertz CT molecular complexity index is 654. The zero-order valence-corrected chi connectivity index (χ0v) is 14.4. The fourth-order valence-corrected chi connectivity index (χ4v) is 4.03. The van der Waals surface area contributed by atoms with E-state index >= 15 is 0 Å².